The quantitative estimate of drug-likeness (QED) is 0.306. The van der Waals surface area contributed by atoms with Gasteiger partial charge in [0.25, 0.3) is 0 Å². The Hall–Kier alpha value is -1.78. The maximum Gasteiger partial charge on any atom is 0.460 e. The van der Waals surface area contributed by atoms with Crippen molar-refractivity contribution < 1.29 is 79.0 Å². The molecule has 28 heavy (non-hydrogen) atoms. The summed E-state index contributed by atoms with van der Waals surface area (Å²) in [4.78, 5) is 0. The molecule has 0 aliphatic carbocycles. The molecular formula is C10H2F18. The van der Waals surface area contributed by atoms with Gasteiger partial charge in [-0.05, 0) is 0 Å². The van der Waals surface area contributed by atoms with Gasteiger partial charge < -0.3 is 0 Å². The predicted octanol–water partition coefficient (Wildman–Crippen LogP) is 7.20. The summed E-state index contributed by atoms with van der Waals surface area (Å²) in [7, 11) is 0. The van der Waals surface area contributed by atoms with Gasteiger partial charge in [-0.2, -0.15) is 79.0 Å². The van der Waals surface area contributed by atoms with Crippen LogP contribution < -0.4 is 0 Å². The van der Waals surface area contributed by atoms with E-state index in [4.69, 9.17) is 0 Å². The smallest absolute Gasteiger partial charge is 0.199 e. The minimum Gasteiger partial charge on any atom is -0.199 e. The van der Waals surface area contributed by atoms with Crippen molar-refractivity contribution in [1.29, 1.82) is 0 Å². The second-order valence-electron chi connectivity index (χ2n) is 4.27. The summed E-state index contributed by atoms with van der Waals surface area (Å²) in [5, 5.41) is 0. The van der Waals surface area contributed by atoms with Gasteiger partial charge in [0.2, 0.25) is 5.83 Å². The molecule has 0 amide bonds. The molecule has 0 saturated carbocycles. The number of hydrogen-bond donors (Lipinski definition) is 0. The maximum absolute atomic E-state index is 12.3. The zero-order valence-electron chi connectivity index (χ0n) is 12.0. The zero-order valence-corrected chi connectivity index (χ0v) is 12.0. The van der Waals surface area contributed by atoms with E-state index in [-0.39, 0.29) is 0 Å². The highest BCUT2D eigenvalue weighted by Crippen LogP contribution is 2.55. The van der Waals surface area contributed by atoms with E-state index < -0.39 is 53.8 Å². The number of hydrogen-bond acceptors (Lipinski definition) is 0. The Morgan fingerprint density at radius 3 is 0.929 bits per heavy atom. The largest absolute Gasteiger partial charge is 0.460 e. The summed E-state index contributed by atoms with van der Waals surface area (Å²) in [6.07, 6.45) is -22.1. The topological polar surface area (TPSA) is 0 Å². The molecule has 0 N–H and O–H groups in total. The summed E-state index contributed by atoms with van der Waals surface area (Å²) in [6, 6.07) is 0. The fraction of sp³-hybridized carbons (Fsp3) is 0.600. The van der Waals surface area contributed by atoms with Gasteiger partial charge >= 0.3 is 42.4 Å². The summed E-state index contributed by atoms with van der Waals surface area (Å²) in [6.45, 7) is 1.85. The third-order valence-electron chi connectivity index (χ3n) is 2.27. The molecule has 0 aromatic heterocycles. The van der Waals surface area contributed by atoms with Crippen molar-refractivity contribution in [2.45, 2.75) is 36.3 Å². The Bertz CT molecular complexity index is 561. The Morgan fingerprint density at radius 1 is 0.500 bits per heavy atom. The molecule has 0 aliphatic heterocycles. The Morgan fingerprint density at radius 2 is 0.786 bits per heavy atom. The molecule has 0 heterocycles. The van der Waals surface area contributed by atoms with Crippen molar-refractivity contribution in [3.8, 4) is 0 Å². The molecule has 0 spiro atoms. The summed E-state index contributed by atoms with van der Waals surface area (Å²) >= 11 is 0. The second kappa shape index (κ2) is 7.92. The van der Waals surface area contributed by atoms with Crippen LogP contribution in [0.3, 0.4) is 0 Å². The van der Waals surface area contributed by atoms with E-state index in [1.807, 2.05) is 6.58 Å². The normalized spacial score (nSPS) is 14.2. The minimum atomic E-state index is -7.42. The van der Waals surface area contributed by atoms with Crippen molar-refractivity contribution >= 4 is 0 Å². The van der Waals surface area contributed by atoms with E-state index >= 15 is 0 Å². The van der Waals surface area contributed by atoms with Crippen LogP contribution in [0.25, 0.3) is 0 Å². The highest BCUT2D eigenvalue weighted by atomic mass is 19.4. The molecule has 0 radical (unpaired) electrons. The molecule has 168 valence electrons. The molecule has 0 aromatic rings. The van der Waals surface area contributed by atoms with Gasteiger partial charge in [0.05, 0.1) is 0 Å². The number of rotatable bonds is 3. The summed E-state index contributed by atoms with van der Waals surface area (Å²) < 4.78 is 209. The third kappa shape index (κ3) is 5.86. The predicted molar refractivity (Wildman–Crippen MR) is 52.5 cm³/mol. The summed E-state index contributed by atoms with van der Waals surface area (Å²) in [5.41, 5.74) is -2.68. The van der Waals surface area contributed by atoms with Gasteiger partial charge in [0.1, 0.15) is 5.57 Å². The number of halogens is 18. The van der Waals surface area contributed by atoms with E-state index in [0.717, 1.165) is 0 Å². The fourth-order valence-corrected chi connectivity index (χ4v) is 0.792. The molecular weight excluding hydrogens is 462 g/mol. The molecule has 0 aromatic carbocycles. The molecule has 0 atom stereocenters. The standard InChI is InChI=1S/C6F12.C4H2F6/c7-1(2(8)9)3(10,11)4(12,13)5(14,15)6(16,17)18;1-2(3(5,6)7)4(8,9)10/h;1H2. The molecule has 0 unspecified atom stereocenters. The Balaban J connectivity index is 0. The van der Waals surface area contributed by atoms with E-state index in [2.05, 4.69) is 0 Å². The van der Waals surface area contributed by atoms with Gasteiger partial charge in [-0.15, -0.1) is 0 Å². The molecule has 18 heteroatoms. The van der Waals surface area contributed by atoms with Crippen LogP contribution in [0.2, 0.25) is 0 Å². The van der Waals surface area contributed by atoms with E-state index in [1.54, 1.807) is 0 Å². The molecule has 0 saturated heterocycles. The monoisotopic (exact) mass is 464 g/mol. The zero-order chi connectivity index (χ0) is 23.7. The average Bonchev–Trinajstić information content (AvgIpc) is 2.42. The van der Waals surface area contributed by atoms with Crippen LogP contribution in [0.15, 0.2) is 24.1 Å². The van der Waals surface area contributed by atoms with Crippen molar-refractivity contribution in [2.75, 3.05) is 0 Å². The van der Waals surface area contributed by atoms with Gasteiger partial charge in [0.15, 0.2) is 0 Å². The van der Waals surface area contributed by atoms with Crippen molar-refractivity contribution in [1.82, 2.24) is 0 Å². The van der Waals surface area contributed by atoms with Crippen LogP contribution in [-0.2, 0) is 0 Å². The van der Waals surface area contributed by atoms with Crippen LogP contribution in [0.1, 0.15) is 0 Å². The van der Waals surface area contributed by atoms with Crippen LogP contribution in [0, 0.1) is 0 Å². The van der Waals surface area contributed by atoms with Gasteiger partial charge in [-0.3, -0.25) is 0 Å². The van der Waals surface area contributed by atoms with Gasteiger partial charge in [0, 0.05) is 0 Å². The Labute approximate surface area is 141 Å². The lowest BCUT2D eigenvalue weighted by atomic mass is 10.0. The Kier molecular flexibility index (Phi) is 8.04. The highest BCUT2D eigenvalue weighted by molar-refractivity contribution is 5.15. The van der Waals surface area contributed by atoms with E-state index in [0.29, 0.717) is 0 Å². The lowest BCUT2D eigenvalue weighted by molar-refractivity contribution is -0.392. The first-order valence-electron chi connectivity index (χ1n) is 5.51. The number of alkyl halides is 15. The number of allylic oxidation sites excluding steroid dienone is 2. The molecule has 0 rings (SSSR count). The van der Waals surface area contributed by atoms with Crippen LogP contribution in [-0.4, -0.2) is 36.3 Å². The molecule has 0 bridgehead atoms. The average molecular weight is 464 g/mol. The van der Waals surface area contributed by atoms with Crippen LogP contribution >= 0.6 is 0 Å². The first-order chi connectivity index (χ1) is 11.8. The molecule has 0 aliphatic rings. The fourth-order valence-electron chi connectivity index (χ4n) is 0.792. The third-order valence-corrected chi connectivity index (χ3v) is 2.27. The summed E-state index contributed by atoms with van der Waals surface area (Å²) in [5.74, 6) is -26.2. The first-order valence-corrected chi connectivity index (χ1v) is 5.51. The minimum absolute atomic E-state index is 1.85. The molecule has 0 fully saturated rings. The van der Waals surface area contributed by atoms with Gasteiger partial charge in [-0.1, -0.05) is 6.58 Å². The second-order valence-corrected chi connectivity index (χ2v) is 4.27. The van der Waals surface area contributed by atoms with Crippen LogP contribution in [0.5, 0.6) is 0 Å². The van der Waals surface area contributed by atoms with Crippen molar-refractivity contribution in [3.05, 3.63) is 24.1 Å². The highest BCUT2D eigenvalue weighted by Gasteiger charge is 2.83. The maximum atomic E-state index is 12.3. The van der Waals surface area contributed by atoms with Crippen molar-refractivity contribution in [3.63, 3.8) is 0 Å². The van der Waals surface area contributed by atoms with E-state index in [9.17, 15) is 79.0 Å². The van der Waals surface area contributed by atoms with Gasteiger partial charge in [-0.25, -0.2) is 0 Å². The lowest BCUT2D eigenvalue weighted by Gasteiger charge is -2.32. The SMILES string of the molecule is C=C(C(F)(F)F)C(F)(F)F.FC(F)=C(F)C(F)(F)C(F)(F)C(F)(F)C(F)(F)F. The van der Waals surface area contributed by atoms with Crippen molar-refractivity contribution in [2.24, 2.45) is 0 Å². The van der Waals surface area contributed by atoms with Crippen LogP contribution in [0.4, 0.5) is 79.0 Å². The molecule has 0 nitrogen and oxygen atoms in total. The lowest BCUT2D eigenvalue weighted by Crippen LogP contribution is -2.61. The van der Waals surface area contributed by atoms with E-state index in [1.165, 1.54) is 0 Å². The first kappa shape index (κ1) is 28.4.